The van der Waals surface area contributed by atoms with E-state index in [2.05, 4.69) is 20.6 Å². The number of aromatic nitrogens is 4. The van der Waals surface area contributed by atoms with Gasteiger partial charge in [0.15, 0.2) is 5.69 Å². The Balaban J connectivity index is 1.42. The Morgan fingerprint density at radius 1 is 1.11 bits per heavy atom. The van der Waals surface area contributed by atoms with E-state index in [9.17, 15) is 4.79 Å². The van der Waals surface area contributed by atoms with Gasteiger partial charge in [-0.2, -0.15) is 0 Å². The molecule has 4 aromatic rings. The van der Waals surface area contributed by atoms with Gasteiger partial charge in [-0.3, -0.25) is 4.79 Å². The molecule has 0 fully saturated rings. The van der Waals surface area contributed by atoms with Crippen LogP contribution in [0.5, 0.6) is 0 Å². The van der Waals surface area contributed by atoms with Crippen LogP contribution in [-0.4, -0.2) is 25.9 Å². The van der Waals surface area contributed by atoms with Crippen LogP contribution >= 0.6 is 11.3 Å². The molecule has 7 heteroatoms. The van der Waals surface area contributed by atoms with Crippen LogP contribution in [0.1, 0.15) is 21.1 Å². The van der Waals surface area contributed by atoms with Gasteiger partial charge in [0.1, 0.15) is 0 Å². The van der Waals surface area contributed by atoms with Gasteiger partial charge in [0.05, 0.1) is 23.4 Å². The molecular formula is C20H17N5OS. The van der Waals surface area contributed by atoms with Gasteiger partial charge in [-0.15, -0.1) is 16.4 Å². The van der Waals surface area contributed by atoms with Crippen molar-refractivity contribution >= 4 is 22.9 Å². The second kappa shape index (κ2) is 7.51. The summed E-state index contributed by atoms with van der Waals surface area (Å²) in [6.07, 6.45) is 1.65. The molecule has 0 atom stereocenters. The van der Waals surface area contributed by atoms with E-state index in [1.165, 1.54) is 0 Å². The maximum atomic E-state index is 12.4. The third-order valence-corrected chi connectivity index (χ3v) is 4.79. The van der Waals surface area contributed by atoms with Crippen LogP contribution in [0.4, 0.5) is 5.69 Å². The maximum absolute atomic E-state index is 12.4. The van der Waals surface area contributed by atoms with Gasteiger partial charge in [0.25, 0.3) is 5.91 Å². The predicted octanol–water partition coefficient (Wildman–Crippen LogP) is 4.01. The minimum atomic E-state index is -0.286. The molecule has 2 heterocycles. The average Bonchev–Trinajstić information content (AvgIpc) is 3.32. The van der Waals surface area contributed by atoms with E-state index in [4.69, 9.17) is 0 Å². The van der Waals surface area contributed by atoms with E-state index in [-0.39, 0.29) is 11.6 Å². The summed E-state index contributed by atoms with van der Waals surface area (Å²) in [5.41, 5.74) is 4.05. The number of carbonyl (C=O) groups excluding carboxylic acids is 1. The van der Waals surface area contributed by atoms with E-state index >= 15 is 0 Å². The molecule has 2 aromatic carbocycles. The molecule has 0 aliphatic rings. The Kier molecular flexibility index (Phi) is 4.76. The minimum Gasteiger partial charge on any atom is -0.321 e. The van der Waals surface area contributed by atoms with Crippen molar-refractivity contribution in [2.75, 3.05) is 5.32 Å². The quantitative estimate of drug-likeness (QED) is 0.572. The Labute approximate surface area is 160 Å². The highest BCUT2D eigenvalue weighted by molar-refractivity contribution is 7.09. The lowest BCUT2D eigenvalue weighted by Crippen LogP contribution is -2.12. The van der Waals surface area contributed by atoms with E-state index in [0.717, 1.165) is 21.8 Å². The van der Waals surface area contributed by atoms with Crippen LogP contribution in [0.15, 0.2) is 66.2 Å². The van der Waals surface area contributed by atoms with E-state index in [0.29, 0.717) is 12.2 Å². The first-order valence-electron chi connectivity index (χ1n) is 8.45. The molecule has 0 bridgehead atoms. The summed E-state index contributed by atoms with van der Waals surface area (Å²) in [4.78, 5) is 16.9. The number of benzene rings is 2. The second-order valence-corrected chi connectivity index (χ2v) is 7.13. The third-order valence-electron chi connectivity index (χ3n) is 4.02. The zero-order chi connectivity index (χ0) is 18.6. The molecule has 0 unspecified atom stereocenters. The highest BCUT2D eigenvalue weighted by Crippen LogP contribution is 2.23. The minimum absolute atomic E-state index is 0.283. The standard InChI is InChI=1S/C20H17N5OS/c1-14-21-19(13-27-14)16-7-9-17(10-8-16)22-20(26)18-12-25(24-23-18)11-15-5-3-2-4-6-15/h2-10,12-13H,11H2,1H3,(H,22,26). The number of amides is 1. The molecule has 0 aliphatic carbocycles. The number of hydrogen-bond donors (Lipinski definition) is 1. The molecule has 134 valence electrons. The first-order chi connectivity index (χ1) is 13.2. The summed E-state index contributed by atoms with van der Waals surface area (Å²) in [6.45, 7) is 2.55. The molecule has 0 radical (unpaired) electrons. The van der Waals surface area contributed by atoms with E-state index in [1.54, 1.807) is 22.2 Å². The van der Waals surface area contributed by atoms with Gasteiger partial charge in [0.2, 0.25) is 0 Å². The molecule has 0 saturated heterocycles. The molecule has 0 saturated carbocycles. The summed E-state index contributed by atoms with van der Waals surface area (Å²) >= 11 is 1.62. The molecule has 0 aliphatic heterocycles. The number of nitrogens with one attached hydrogen (secondary N) is 1. The van der Waals surface area contributed by atoms with Gasteiger partial charge in [-0.1, -0.05) is 47.7 Å². The fraction of sp³-hybridized carbons (Fsp3) is 0.100. The zero-order valence-corrected chi connectivity index (χ0v) is 15.5. The van der Waals surface area contributed by atoms with Crippen molar-refractivity contribution < 1.29 is 4.79 Å². The lowest BCUT2D eigenvalue weighted by atomic mass is 10.1. The lowest BCUT2D eigenvalue weighted by Gasteiger charge is -2.04. The Morgan fingerprint density at radius 2 is 1.89 bits per heavy atom. The van der Waals surface area contributed by atoms with Crippen LogP contribution < -0.4 is 5.32 Å². The molecule has 2 aromatic heterocycles. The van der Waals surface area contributed by atoms with Crippen LogP contribution in [-0.2, 0) is 6.54 Å². The van der Waals surface area contributed by atoms with Crippen LogP contribution in [0, 0.1) is 6.92 Å². The number of rotatable bonds is 5. The summed E-state index contributed by atoms with van der Waals surface area (Å²) < 4.78 is 1.65. The molecule has 27 heavy (non-hydrogen) atoms. The molecule has 1 amide bonds. The van der Waals surface area contributed by atoms with E-state index < -0.39 is 0 Å². The number of thiazole rings is 1. The van der Waals surface area contributed by atoms with Gasteiger partial charge in [-0.05, 0) is 24.6 Å². The third kappa shape index (κ3) is 4.09. The van der Waals surface area contributed by atoms with Gasteiger partial charge >= 0.3 is 0 Å². The van der Waals surface area contributed by atoms with Crippen LogP contribution in [0.3, 0.4) is 0 Å². The lowest BCUT2D eigenvalue weighted by molar-refractivity contribution is 0.102. The Bertz CT molecular complexity index is 1050. The molecule has 4 rings (SSSR count). The zero-order valence-electron chi connectivity index (χ0n) is 14.7. The Hall–Kier alpha value is -3.32. The first kappa shape index (κ1) is 17.1. The topological polar surface area (TPSA) is 72.7 Å². The van der Waals surface area contributed by atoms with Gasteiger partial charge < -0.3 is 5.32 Å². The predicted molar refractivity (Wildman–Crippen MR) is 106 cm³/mol. The smallest absolute Gasteiger partial charge is 0.277 e. The largest absolute Gasteiger partial charge is 0.321 e. The maximum Gasteiger partial charge on any atom is 0.277 e. The highest BCUT2D eigenvalue weighted by Gasteiger charge is 2.11. The summed E-state index contributed by atoms with van der Waals surface area (Å²) in [5.74, 6) is -0.286. The summed E-state index contributed by atoms with van der Waals surface area (Å²) in [5, 5.41) is 13.9. The molecular weight excluding hydrogens is 358 g/mol. The molecule has 1 N–H and O–H groups in total. The summed E-state index contributed by atoms with van der Waals surface area (Å²) in [7, 11) is 0. The number of anilines is 1. The van der Waals surface area contributed by atoms with E-state index in [1.807, 2.05) is 66.9 Å². The van der Waals surface area contributed by atoms with Gasteiger partial charge in [0, 0.05) is 16.6 Å². The van der Waals surface area contributed by atoms with Crippen molar-refractivity contribution in [3.8, 4) is 11.3 Å². The van der Waals surface area contributed by atoms with Crippen LogP contribution in [0.2, 0.25) is 0 Å². The molecule has 0 spiro atoms. The van der Waals surface area contributed by atoms with Crippen molar-refractivity contribution in [3.05, 3.63) is 82.4 Å². The monoisotopic (exact) mass is 375 g/mol. The van der Waals surface area contributed by atoms with Crippen molar-refractivity contribution in [1.82, 2.24) is 20.0 Å². The van der Waals surface area contributed by atoms with Crippen molar-refractivity contribution in [2.24, 2.45) is 0 Å². The fourth-order valence-corrected chi connectivity index (χ4v) is 3.29. The van der Waals surface area contributed by atoms with Crippen molar-refractivity contribution in [3.63, 3.8) is 0 Å². The van der Waals surface area contributed by atoms with Gasteiger partial charge in [-0.25, -0.2) is 9.67 Å². The first-order valence-corrected chi connectivity index (χ1v) is 9.33. The number of aryl methyl sites for hydroxylation is 1. The Morgan fingerprint density at radius 3 is 2.59 bits per heavy atom. The number of carbonyl (C=O) groups is 1. The highest BCUT2D eigenvalue weighted by atomic mass is 32.1. The summed E-state index contributed by atoms with van der Waals surface area (Å²) in [6, 6.07) is 17.5. The number of hydrogen-bond acceptors (Lipinski definition) is 5. The van der Waals surface area contributed by atoms with Crippen molar-refractivity contribution in [2.45, 2.75) is 13.5 Å². The average molecular weight is 375 g/mol. The number of nitrogens with zero attached hydrogens (tertiary/aromatic N) is 4. The SMILES string of the molecule is Cc1nc(-c2ccc(NC(=O)c3cn(Cc4ccccc4)nn3)cc2)cs1. The molecule has 6 nitrogen and oxygen atoms in total. The van der Waals surface area contributed by atoms with Crippen LogP contribution in [0.25, 0.3) is 11.3 Å². The fourth-order valence-electron chi connectivity index (χ4n) is 2.67. The normalized spacial score (nSPS) is 10.7. The second-order valence-electron chi connectivity index (χ2n) is 6.07. The van der Waals surface area contributed by atoms with Crippen molar-refractivity contribution in [1.29, 1.82) is 0 Å².